The van der Waals surface area contributed by atoms with E-state index >= 15 is 0 Å². The highest BCUT2D eigenvalue weighted by molar-refractivity contribution is 7.89. The number of benzene rings is 2. The molecule has 1 amide bonds. The predicted molar refractivity (Wildman–Crippen MR) is 112 cm³/mol. The van der Waals surface area contributed by atoms with Crippen molar-refractivity contribution in [2.24, 2.45) is 0 Å². The third-order valence-corrected chi connectivity index (χ3v) is 6.47. The molecule has 0 aliphatic carbocycles. The lowest BCUT2D eigenvalue weighted by Gasteiger charge is -2.20. The average Bonchev–Trinajstić information content (AvgIpc) is 3.01. The molecule has 3 rings (SSSR count). The number of rotatable bonds is 7. The highest BCUT2D eigenvalue weighted by Gasteiger charge is 2.18. The van der Waals surface area contributed by atoms with Crippen LogP contribution in [0.3, 0.4) is 0 Å². The number of carbonyl (C=O) groups is 1. The Balaban J connectivity index is 1.59. The standard InChI is InChI=1S/C22H28N2O4S/c1-18-15-20(29(26,27)23-16-19-9-5-4-6-10-19)11-12-21(18)28-17-22(25)24-13-7-2-3-8-14-24/h4-6,9-12,15,23H,2-3,7-8,13-14,16-17H2,1H3. The minimum Gasteiger partial charge on any atom is -0.483 e. The van der Waals surface area contributed by atoms with Crippen LogP contribution in [0.4, 0.5) is 0 Å². The van der Waals surface area contributed by atoms with E-state index in [1.807, 2.05) is 35.2 Å². The summed E-state index contributed by atoms with van der Waals surface area (Å²) in [4.78, 5) is 14.4. The zero-order valence-electron chi connectivity index (χ0n) is 16.8. The summed E-state index contributed by atoms with van der Waals surface area (Å²) >= 11 is 0. The van der Waals surface area contributed by atoms with Crippen molar-refractivity contribution in [2.75, 3.05) is 19.7 Å². The highest BCUT2D eigenvalue weighted by atomic mass is 32.2. The minimum atomic E-state index is -3.63. The Morgan fingerprint density at radius 2 is 1.72 bits per heavy atom. The highest BCUT2D eigenvalue weighted by Crippen LogP contribution is 2.22. The van der Waals surface area contributed by atoms with Crippen LogP contribution in [-0.4, -0.2) is 38.9 Å². The molecule has 0 saturated carbocycles. The summed E-state index contributed by atoms with van der Waals surface area (Å²) in [5, 5.41) is 0. The van der Waals surface area contributed by atoms with Gasteiger partial charge in [0.2, 0.25) is 10.0 Å². The van der Waals surface area contributed by atoms with Crippen molar-refractivity contribution in [1.82, 2.24) is 9.62 Å². The molecule has 1 aliphatic heterocycles. The van der Waals surface area contributed by atoms with Crippen molar-refractivity contribution < 1.29 is 17.9 Å². The Bertz CT molecular complexity index is 921. The number of hydrogen-bond acceptors (Lipinski definition) is 4. The Kier molecular flexibility index (Phi) is 7.28. The number of nitrogens with one attached hydrogen (secondary N) is 1. The zero-order valence-corrected chi connectivity index (χ0v) is 17.6. The van der Waals surface area contributed by atoms with E-state index in [4.69, 9.17) is 4.74 Å². The minimum absolute atomic E-state index is 0.0208. The van der Waals surface area contributed by atoms with Gasteiger partial charge < -0.3 is 9.64 Å². The molecular formula is C22H28N2O4S. The van der Waals surface area contributed by atoms with Crippen LogP contribution in [-0.2, 0) is 21.4 Å². The van der Waals surface area contributed by atoms with E-state index in [1.54, 1.807) is 19.1 Å². The fourth-order valence-corrected chi connectivity index (χ4v) is 4.46. The molecule has 0 atom stereocenters. The van der Waals surface area contributed by atoms with Gasteiger partial charge >= 0.3 is 0 Å². The molecule has 0 unspecified atom stereocenters. The van der Waals surface area contributed by atoms with E-state index in [9.17, 15) is 13.2 Å². The third kappa shape index (κ3) is 6.05. The number of aryl methyl sites for hydroxylation is 1. The van der Waals surface area contributed by atoms with Crippen LogP contribution < -0.4 is 9.46 Å². The second kappa shape index (κ2) is 9.89. The second-order valence-corrected chi connectivity index (χ2v) is 9.09. The number of likely N-dealkylation sites (tertiary alicyclic amines) is 1. The molecule has 29 heavy (non-hydrogen) atoms. The number of ether oxygens (including phenoxy) is 1. The predicted octanol–water partition coefficient (Wildman–Crippen LogP) is 3.25. The van der Waals surface area contributed by atoms with Crippen LogP contribution in [0, 0.1) is 6.92 Å². The van der Waals surface area contributed by atoms with Crippen LogP contribution in [0.2, 0.25) is 0 Å². The smallest absolute Gasteiger partial charge is 0.260 e. The summed E-state index contributed by atoms with van der Waals surface area (Å²) in [5.41, 5.74) is 1.57. The van der Waals surface area contributed by atoms with E-state index < -0.39 is 10.0 Å². The molecule has 7 heteroatoms. The maximum absolute atomic E-state index is 12.6. The van der Waals surface area contributed by atoms with Crippen molar-refractivity contribution in [3.05, 3.63) is 59.7 Å². The molecule has 1 heterocycles. The van der Waals surface area contributed by atoms with Crippen molar-refractivity contribution in [1.29, 1.82) is 0 Å². The molecule has 1 aliphatic rings. The van der Waals surface area contributed by atoms with Crippen molar-refractivity contribution in [3.8, 4) is 5.75 Å². The van der Waals surface area contributed by atoms with Crippen LogP contribution in [0.1, 0.15) is 36.8 Å². The third-order valence-electron chi connectivity index (χ3n) is 5.08. The van der Waals surface area contributed by atoms with Gasteiger partial charge in [0.05, 0.1) is 4.90 Å². The van der Waals surface area contributed by atoms with Crippen LogP contribution in [0.15, 0.2) is 53.4 Å². The SMILES string of the molecule is Cc1cc(S(=O)(=O)NCc2ccccc2)ccc1OCC(=O)N1CCCCCC1. The molecule has 6 nitrogen and oxygen atoms in total. The summed E-state index contributed by atoms with van der Waals surface area (Å²) in [6, 6.07) is 14.0. The van der Waals surface area contributed by atoms with E-state index in [2.05, 4.69) is 4.72 Å². The number of carbonyl (C=O) groups excluding carboxylic acids is 1. The zero-order chi connectivity index (χ0) is 20.7. The van der Waals surface area contributed by atoms with Gasteiger partial charge in [0.1, 0.15) is 5.75 Å². The first-order valence-corrected chi connectivity index (χ1v) is 11.5. The van der Waals surface area contributed by atoms with Gasteiger partial charge in [-0.1, -0.05) is 43.2 Å². The number of hydrogen-bond donors (Lipinski definition) is 1. The summed E-state index contributed by atoms with van der Waals surface area (Å²) < 4.78 is 33.4. The van der Waals surface area contributed by atoms with Crippen LogP contribution in [0.25, 0.3) is 0 Å². The first-order valence-electron chi connectivity index (χ1n) is 10.0. The molecule has 1 N–H and O–H groups in total. The first-order chi connectivity index (χ1) is 14.0. The summed E-state index contributed by atoms with van der Waals surface area (Å²) in [6.07, 6.45) is 4.40. The van der Waals surface area contributed by atoms with Gasteiger partial charge in [-0.25, -0.2) is 13.1 Å². The van der Waals surface area contributed by atoms with Gasteiger partial charge in [-0.15, -0.1) is 0 Å². The Hall–Kier alpha value is -2.38. The number of nitrogens with zero attached hydrogens (tertiary/aromatic N) is 1. The topological polar surface area (TPSA) is 75.7 Å². The van der Waals surface area contributed by atoms with E-state index in [1.165, 1.54) is 6.07 Å². The molecule has 0 spiro atoms. The van der Waals surface area contributed by atoms with Crippen molar-refractivity contribution in [3.63, 3.8) is 0 Å². The van der Waals surface area contributed by atoms with Crippen LogP contribution >= 0.6 is 0 Å². The lowest BCUT2D eigenvalue weighted by atomic mass is 10.2. The maximum atomic E-state index is 12.6. The van der Waals surface area contributed by atoms with E-state index in [0.29, 0.717) is 11.3 Å². The average molecular weight is 417 g/mol. The van der Waals surface area contributed by atoms with Gasteiger partial charge in [-0.3, -0.25) is 4.79 Å². The number of sulfonamides is 1. The second-order valence-electron chi connectivity index (χ2n) is 7.32. The van der Waals surface area contributed by atoms with E-state index in [0.717, 1.165) is 44.3 Å². The van der Waals surface area contributed by atoms with Crippen molar-refractivity contribution >= 4 is 15.9 Å². The Labute approximate surface area is 172 Å². The fraction of sp³-hybridized carbons (Fsp3) is 0.409. The van der Waals surface area contributed by atoms with Gasteiger partial charge in [-0.2, -0.15) is 0 Å². The molecule has 1 saturated heterocycles. The summed E-state index contributed by atoms with van der Waals surface area (Å²) in [5.74, 6) is 0.503. The summed E-state index contributed by atoms with van der Waals surface area (Å²) in [7, 11) is -3.63. The maximum Gasteiger partial charge on any atom is 0.260 e. The first kappa shape index (κ1) is 21.3. The largest absolute Gasteiger partial charge is 0.483 e. The normalized spacial score (nSPS) is 15.0. The fourth-order valence-electron chi connectivity index (χ4n) is 3.36. The molecule has 0 aromatic heterocycles. The molecular weight excluding hydrogens is 388 g/mol. The molecule has 2 aromatic carbocycles. The Morgan fingerprint density at radius 1 is 1.03 bits per heavy atom. The van der Waals surface area contributed by atoms with Gasteiger partial charge in [0.25, 0.3) is 5.91 Å². The lowest BCUT2D eigenvalue weighted by molar-refractivity contribution is -0.133. The van der Waals surface area contributed by atoms with Crippen LogP contribution in [0.5, 0.6) is 5.75 Å². The molecule has 0 radical (unpaired) electrons. The molecule has 0 bridgehead atoms. The monoisotopic (exact) mass is 416 g/mol. The summed E-state index contributed by atoms with van der Waals surface area (Å²) in [6.45, 7) is 3.54. The Morgan fingerprint density at radius 3 is 2.38 bits per heavy atom. The number of amides is 1. The van der Waals surface area contributed by atoms with Gasteiger partial charge in [0, 0.05) is 19.6 Å². The van der Waals surface area contributed by atoms with Crippen molar-refractivity contribution in [2.45, 2.75) is 44.0 Å². The van der Waals surface area contributed by atoms with Gasteiger partial charge in [0.15, 0.2) is 6.61 Å². The molecule has 156 valence electrons. The van der Waals surface area contributed by atoms with Gasteiger partial charge in [-0.05, 0) is 49.1 Å². The molecule has 1 fully saturated rings. The quantitative estimate of drug-likeness (QED) is 0.752. The lowest BCUT2D eigenvalue weighted by Crippen LogP contribution is -2.35. The van der Waals surface area contributed by atoms with E-state index in [-0.39, 0.29) is 24.0 Å². The molecule has 2 aromatic rings.